The SMILES string of the molecule is O=C(O)C[C@@H]1CN[C@@H](CO)CO1. The van der Waals surface area contributed by atoms with Crippen LogP contribution in [0.3, 0.4) is 0 Å². The van der Waals surface area contributed by atoms with Crippen molar-refractivity contribution in [3.8, 4) is 0 Å². The van der Waals surface area contributed by atoms with E-state index in [1.807, 2.05) is 0 Å². The largest absolute Gasteiger partial charge is 0.481 e. The normalized spacial score (nSPS) is 30.1. The van der Waals surface area contributed by atoms with E-state index in [-0.39, 0.29) is 25.2 Å². The number of aliphatic carboxylic acids is 1. The molecule has 70 valence electrons. The molecule has 0 saturated carbocycles. The van der Waals surface area contributed by atoms with Gasteiger partial charge in [-0.25, -0.2) is 0 Å². The molecule has 2 atom stereocenters. The first kappa shape index (κ1) is 9.44. The second-order valence-corrected chi connectivity index (χ2v) is 2.84. The summed E-state index contributed by atoms with van der Waals surface area (Å²) >= 11 is 0. The van der Waals surface area contributed by atoms with Gasteiger partial charge in [-0.15, -0.1) is 0 Å². The van der Waals surface area contributed by atoms with Crippen molar-refractivity contribution < 1.29 is 19.7 Å². The van der Waals surface area contributed by atoms with Gasteiger partial charge in [0.25, 0.3) is 0 Å². The summed E-state index contributed by atoms with van der Waals surface area (Å²) in [6, 6.07) is -0.0463. The average molecular weight is 175 g/mol. The van der Waals surface area contributed by atoms with Crippen LogP contribution in [0.25, 0.3) is 0 Å². The molecule has 1 aliphatic heterocycles. The van der Waals surface area contributed by atoms with Crippen LogP contribution < -0.4 is 5.32 Å². The molecule has 5 heteroatoms. The summed E-state index contributed by atoms with van der Waals surface area (Å²) < 4.78 is 5.19. The fourth-order valence-corrected chi connectivity index (χ4v) is 1.11. The molecule has 5 nitrogen and oxygen atoms in total. The van der Waals surface area contributed by atoms with Crippen LogP contribution in [-0.2, 0) is 9.53 Å². The van der Waals surface area contributed by atoms with Gasteiger partial charge in [0.2, 0.25) is 0 Å². The van der Waals surface area contributed by atoms with Crippen LogP contribution in [0.5, 0.6) is 0 Å². The summed E-state index contributed by atoms with van der Waals surface area (Å²) in [6.07, 6.45) is -0.240. The zero-order valence-corrected chi connectivity index (χ0v) is 6.69. The fourth-order valence-electron chi connectivity index (χ4n) is 1.11. The molecule has 0 spiro atoms. The molecule has 0 bridgehead atoms. The maximum atomic E-state index is 10.3. The smallest absolute Gasteiger partial charge is 0.306 e. The van der Waals surface area contributed by atoms with Gasteiger partial charge in [-0.1, -0.05) is 0 Å². The quantitative estimate of drug-likeness (QED) is 0.502. The summed E-state index contributed by atoms with van der Waals surface area (Å²) in [5.41, 5.74) is 0. The molecule has 0 aromatic carbocycles. The Morgan fingerprint density at radius 1 is 1.67 bits per heavy atom. The highest BCUT2D eigenvalue weighted by Crippen LogP contribution is 2.04. The number of hydrogen-bond acceptors (Lipinski definition) is 4. The van der Waals surface area contributed by atoms with E-state index in [2.05, 4.69) is 5.32 Å². The Balaban J connectivity index is 2.21. The lowest BCUT2D eigenvalue weighted by Crippen LogP contribution is -2.48. The lowest BCUT2D eigenvalue weighted by Gasteiger charge is -2.28. The Hall–Kier alpha value is -0.650. The summed E-state index contributed by atoms with van der Waals surface area (Å²) in [5, 5.41) is 20.1. The number of aliphatic hydroxyl groups excluding tert-OH is 1. The van der Waals surface area contributed by atoms with E-state index >= 15 is 0 Å². The molecule has 1 rings (SSSR count). The first-order valence-electron chi connectivity index (χ1n) is 3.90. The monoisotopic (exact) mass is 175 g/mol. The van der Waals surface area contributed by atoms with Crippen LogP contribution in [0, 0.1) is 0 Å². The number of carboxylic acid groups (broad SMARTS) is 1. The molecule has 0 aromatic heterocycles. The van der Waals surface area contributed by atoms with Crippen molar-refractivity contribution in [3.05, 3.63) is 0 Å². The van der Waals surface area contributed by atoms with Crippen LogP contribution in [0.1, 0.15) is 6.42 Å². The van der Waals surface area contributed by atoms with Gasteiger partial charge < -0.3 is 20.3 Å². The summed E-state index contributed by atoms with van der Waals surface area (Å²) in [7, 11) is 0. The molecule has 1 fully saturated rings. The molecular weight excluding hydrogens is 162 g/mol. The molecule has 1 saturated heterocycles. The van der Waals surface area contributed by atoms with E-state index in [9.17, 15) is 4.79 Å². The lowest BCUT2D eigenvalue weighted by atomic mass is 10.2. The maximum absolute atomic E-state index is 10.3. The highest BCUT2D eigenvalue weighted by molar-refractivity contribution is 5.67. The van der Waals surface area contributed by atoms with E-state index in [4.69, 9.17) is 14.9 Å². The minimum atomic E-state index is -0.857. The topological polar surface area (TPSA) is 78.8 Å². The predicted octanol–water partition coefficient (Wildman–Crippen LogP) is -1.19. The second-order valence-electron chi connectivity index (χ2n) is 2.84. The van der Waals surface area contributed by atoms with E-state index in [0.717, 1.165) is 0 Å². The van der Waals surface area contributed by atoms with Crippen LogP contribution in [-0.4, -0.2) is 48.1 Å². The Morgan fingerprint density at radius 3 is 2.83 bits per heavy atom. The second kappa shape index (κ2) is 4.39. The number of carbonyl (C=O) groups is 1. The fraction of sp³-hybridized carbons (Fsp3) is 0.857. The first-order chi connectivity index (χ1) is 5.72. The molecular formula is C7H13NO4. The van der Waals surface area contributed by atoms with Gasteiger partial charge in [-0.2, -0.15) is 0 Å². The zero-order chi connectivity index (χ0) is 8.97. The molecule has 0 aliphatic carbocycles. The van der Waals surface area contributed by atoms with E-state index < -0.39 is 5.97 Å². The Kier molecular flexibility index (Phi) is 3.46. The van der Waals surface area contributed by atoms with Crippen molar-refractivity contribution in [3.63, 3.8) is 0 Å². The van der Waals surface area contributed by atoms with Gasteiger partial charge in [0, 0.05) is 6.54 Å². The van der Waals surface area contributed by atoms with Crippen molar-refractivity contribution in [1.29, 1.82) is 0 Å². The average Bonchev–Trinajstić information content (AvgIpc) is 2.05. The molecule has 1 heterocycles. The third-order valence-corrected chi connectivity index (χ3v) is 1.79. The molecule has 0 unspecified atom stereocenters. The number of aliphatic hydroxyl groups is 1. The Labute approximate surface area is 70.3 Å². The number of nitrogens with one attached hydrogen (secondary N) is 1. The minimum Gasteiger partial charge on any atom is -0.481 e. The number of hydrogen-bond donors (Lipinski definition) is 3. The zero-order valence-electron chi connectivity index (χ0n) is 6.69. The van der Waals surface area contributed by atoms with Crippen molar-refractivity contribution >= 4 is 5.97 Å². The third-order valence-electron chi connectivity index (χ3n) is 1.79. The molecule has 1 aliphatic rings. The van der Waals surface area contributed by atoms with Gasteiger partial charge in [0.1, 0.15) is 0 Å². The number of ether oxygens (including phenoxy) is 1. The molecule has 0 radical (unpaired) electrons. The van der Waals surface area contributed by atoms with Crippen LogP contribution in [0.15, 0.2) is 0 Å². The Bertz CT molecular complexity index is 153. The third kappa shape index (κ3) is 2.77. The molecule has 3 N–H and O–H groups in total. The van der Waals surface area contributed by atoms with Crippen molar-refractivity contribution in [2.24, 2.45) is 0 Å². The molecule has 0 amide bonds. The highest BCUT2D eigenvalue weighted by Gasteiger charge is 2.21. The number of morpholine rings is 1. The van der Waals surface area contributed by atoms with Gasteiger partial charge in [0.05, 0.1) is 31.8 Å². The van der Waals surface area contributed by atoms with Crippen LogP contribution in [0.2, 0.25) is 0 Å². The predicted molar refractivity (Wildman–Crippen MR) is 40.9 cm³/mol. The van der Waals surface area contributed by atoms with Gasteiger partial charge in [-0.05, 0) is 0 Å². The highest BCUT2D eigenvalue weighted by atomic mass is 16.5. The van der Waals surface area contributed by atoms with Crippen molar-refractivity contribution in [2.45, 2.75) is 18.6 Å². The van der Waals surface area contributed by atoms with Gasteiger partial charge in [0.15, 0.2) is 0 Å². The van der Waals surface area contributed by atoms with Crippen LogP contribution in [0.4, 0.5) is 0 Å². The number of carboxylic acids is 1. The lowest BCUT2D eigenvalue weighted by molar-refractivity contribution is -0.141. The molecule has 12 heavy (non-hydrogen) atoms. The Morgan fingerprint density at radius 2 is 2.42 bits per heavy atom. The summed E-state index contributed by atoms with van der Waals surface area (Å²) in [6.45, 7) is 0.908. The van der Waals surface area contributed by atoms with E-state index in [1.165, 1.54) is 0 Å². The molecule has 0 aromatic rings. The van der Waals surface area contributed by atoms with E-state index in [1.54, 1.807) is 0 Å². The van der Waals surface area contributed by atoms with Gasteiger partial charge in [-0.3, -0.25) is 4.79 Å². The summed E-state index contributed by atoms with van der Waals surface area (Å²) in [5.74, 6) is -0.857. The minimum absolute atomic E-state index is 0.0190. The van der Waals surface area contributed by atoms with Gasteiger partial charge >= 0.3 is 5.97 Å². The van der Waals surface area contributed by atoms with Crippen LogP contribution >= 0.6 is 0 Å². The first-order valence-corrected chi connectivity index (χ1v) is 3.90. The maximum Gasteiger partial charge on any atom is 0.306 e. The number of rotatable bonds is 3. The van der Waals surface area contributed by atoms with Crippen molar-refractivity contribution in [1.82, 2.24) is 5.32 Å². The van der Waals surface area contributed by atoms with Crippen molar-refractivity contribution in [2.75, 3.05) is 19.8 Å². The standard InChI is InChI=1S/C7H13NO4/c9-3-5-4-12-6(2-8-5)1-7(10)11/h5-6,8-9H,1-4H2,(H,10,11)/t5-,6+/m0/s1. The summed E-state index contributed by atoms with van der Waals surface area (Å²) in [4.78, 5) is 10.3. The van der Waals surface area contributed by atoms with E-state index in [0.29, 0.717) is 13.2 Å².